The van der Waals surface area contributed by atoms with Gasteiger partial charge in [0.15, 0.2) is 0 Å². The van der Waals surface area contributed by atoms with Crippen molar-refractivity contribution < 1.29 is 13.5 Å². The molecule has 4 heteroatoms. The van der Waals surface area contributed by atoms with E-state index >= 15 is 0 Å². The Labute approximate surface area is 146 Å². The molecule has 130 valence electrons. The largest absolute Gasteiger partial charge is 0.378 e. The Morgan fingerprint density at radius 1 is 1.04 bits per heavy atom. The van der Waals surface area contributed by atoms with Crippen molar-refractivity contribution in [2.24, 2.45) is 0 Å². The van der Waals surface area contributed by atoms with Crippen LogP contribution in [0.25, 0.3) is 0 Å². The van der Waals surface area contributed by atoms with Crippen LogP contribution in [-0.2, 0) is 17.7 Å². The summed E-state index contributed by atoms with van der Waals surface area (Å²) in [6, 6.07) is 14.8. The summed E-state index contributed by atoms with van der Waals surface area (Å²) in [6.07, 6.45) is 3.61. The summed E-state index contributed by atoms with van der Waals surface area (Å²) in [7, 11) is 0. The lowest BCUT2D eigenvalue weighted by molar-refractivity contribution is -0.0440. The molecular formula is C21H21F2NO. The first kappa shape index (κ1) is 16.4. The highest BCUT2D eigenvalue weighted by molar-refractivity contribution is 5.28. The van der Waals surface area contributed by atoms with Gasteiger partial charge in [-0.3, -0.25) is 4.90 Å². The minimum Gasteiger partial charge on any atom is -0.378 e. The van der Waals surface area contributed by atoms with E-state index in [9.17, 15) is 8.78 Å². The molecule has 0 spiro atoms. The molecule has 0 radical (unpaired) electrons. The predicted octanol–water partition coefficient (Wildman–Crippen LogP) is 4.11. The van der Waals surface area contributed by atoms with Crippen molar-refractivity contribution in [1.82, 2.24) is 4.90 Å². The summed E-state index contributed by atoms with van der Waals surface area (Å²) in [5, 5.41) is 0. The molecule has 2 aliphatic heterocycles. The number of halogens is 2. The third kappa shape index (κ3) is 3.65. The van der Waals surface area contributed by atoms with Crippen molar-refractivity contribution in [3.63, 3.8) is 0 Å². The van der Waals surface area contributed by atoms with Crippen LogP contribution >= 0.6 is 0 Å². The summed E-state index contributed by atoms with van der Waals surface area (Å²) in [5.74, 6) is -0.993. The number of hydrogen-bond donors (Lipinski definition) is 0. The van der Waals surface area contributed by atoms with Crippen LogP contribution in [0.4, 0.5) is 8.78 Å². The number of rotatable bonds is 4. The van der Waals surface area contributed by atoms with Gasteiger partial charge in [-0.1, -0.05) is 48.0 Å². The van der Waals surface area contributed by atoms with Gasteiger partial charge in [0.1, 0.15) is 11.6 Å². The summed E-state index contributed by atoms with van der Waals surface area (Å²) >= 11 is 0. The molecule has 2 nitrogen and oxygen atoms in total. The first-order valence-corrected chi connectivity index (χ1v) is 8.70. The first-order chi connectivity index (χ1) is 12.2. The second kappa shape index (κ2) is 7.06. The topological polar surface area (TPSA) is 12.5 Å². The second-order valence-electron chi connectivity index (χ2n) is 6.86. The van der Waals surface area contributed by atoms with Gasteiger partial charge in [0.25, 0.3) is 0 Å². The molecule has 1 saturated heterocycles. The van der Waals surface area contributed by atoms with Gasteiger partial charge in [-0.25, -0.2) is 8.78 Å². The lowest BCUT2D eigenvalue weighted by atomic mass is 9.89. The van der Waals surface area contributed by atoms with Crippen LogP contribution in [0.5, 0.6) is 0 Å². The van der Waals surface area contributed by atoms with Gasteiger partial charge in [-0.05, 0) is 30.0 Å². The Bertz CT molecular complexity index is 775. The van der Waals surface area contributed by atoms with Crippen LogP contribution in [0, 0.1) is 11.6 Å². The van der Waals surface area contributed by atoms with Gasteiger partial charge in [-0.15, -0.1) is 0 Å². The quantitative estimate of drug-likeness (QED) is 0.776. The molecule has 1 fully saturated rings. The molecule has 2 atom stereocenters. The minimum atomic E-state index is -0.529. The monoisotopic (exact) mass is 341 g/mol. The Morgan fingerprint density at radius 2 is 1.88 bits per heavy atom. The van der Waals surface area contributed by atoms with E-state index in [0.717, 1.165) is 19.0 Å². The van der Waals surface area contributed by atoms with Crippen LogP contribution in [-0.4, -0.2) is 30.2 Å². The maximum absolute atomic E-state index is 14.0. The first-order valence-electron chi connectivity index (χ1n) is 8.70. The van der Waals surface area contributed by atoms with E-state index < -0.39 is 11.6 Å². The predicted molar refractivity (Wildman–Crippen MR) is 93.1 cm³/mol. The highest BCUT2D eigenvalue weighted by Crippen LogP contribution is 2.30. The average molecular weight is 341 g/mol. The zero-order chi connectivity index (χ0) is 17.2. The molecule has 0 aliphatic carbocycles. The van der Waals surface area contributed by atoms with Crippen LogP contribution in [0.2, 0.25) is 0 Å². The molecule has 2 unspecified atom stereocenters. The molecule has 25 heavy (non-hydrogen) atoms. The van der Waals surface area contributed by atoms with Crippen molar-refractivity contribution >= 4 is 0 Å². The lowest BCUT2D eigenvalue weighted by Crippen LogP contribution is -2.53. The fourth-order valence-electron chi connectivity index (χ4n) is 3.83. The Balaban J connectivity index is 1.52. The van der Waals surface area contributed by atoms with E-state index in [1.54, 1.807) is 6.07 Å². The van der Waals surface area contributed by atoms with E-state index in [2.05, 4.69) is 35.2 Å². The maximum atomic E-state index is 14.0. The lowest BCUT2D eigenvalue weighted by Gasteiger charge is -2.45. The van der Waals surface area contributed by atoms with Crippen molar-refractivity contribution in [1.29, 1.82) is 0 Å². The molecule has 2 heterocycles. The molecular weight excluding hydrogens is 320 g/mol. The van der Waals surface area contributed by atoms with Crippen LogP contribution in [0.15, 0.2) is 60.2 Å². The number of fused-ring (bicyclic) bond motifs is 2. The van der Waals surface area contributed by atoms with Gasteiger partial charge < -0.3 is 4.74 Å². The Kier molecular flexibility index (Phi) is 4.64. The van der Waals surface area contributed by atoms with E-state index in [1.807, 2.05) is 6.07 Å². The zero-order valence-electron chi connectivity index (χ0n) is 14.0. The summed E-state index contributed by atoms with van der Waals surface area (Å²) < 4.78 is 32.8. The minimum absolute atomic E-state index is 0.214. The van der Waals surface area contributed by atoms with Gasteiger partial charge in [-0.2, -0.15) is 0 Å². The number of nitrogens with zero attached hydrogens (tertiary/aromatic N) is 1. The van der Waals surface area contributed by atoms with Gasteiger partial charge >= 0.3 is 0 Å². The smallest absolute Gasteiger partial charge is 0.129 e. The number of ether oxygens (including phenoxy) is 1. The molecule has 0 saturated carbocycles. The molecule has 2 aliphatic rings. The van der Waals surface area contributed by atoms with Crippen molar-refractivity contribution in [2.45, 2.75) is 31.5 Å². The molecule has 0 N–H and O–H groups in total. The number of morpholine rings is 1. The third-order valence-corrected chi connectivity index (χ3v) is 5.06. The molecule has 2 aromatic carbocycles. The average Bonchev–Trinajstić information content (AvgIpc) is 2.59. The summed E-state index contributed by atoms with van der Waals surface area (Å²) in [4.78, 5) is 2.48. The summed E-state index contributed by atoms with van der Waals surface area (Å²) in [5.41, 5.74) is 3.07. The molecule has 0 amide bonds. The number of benzene rings is 2. The van der Waals surface area contributed by atoms with E-state index in [0.29, 0.717) is 31.2 Å². The van der Waals surface area contributed by atoms with Gasteiger partial charge in [0.2, 0.25) is 0 Å². The van der Waals surface area contributed by atoms with E-state index in [4.69, 9.17) is 4.74 Å². The van der Waals surface area contributed by atoms with Crippen molar-refractivity contribution in [3.05, 3.63) is 82.9 Å². The standard InChI is InChI=1S/C21H21F2NO/c22-18-7-6-17(21(23)11-18)8-16-9-19-13-25-14-20(10-16)24(19)12-15-4-2-1-3-5-15/h1-7,9,11,19-20H,8,10,12-14H2. The molecule has 2 bridgehead atoms. The third-order valence-electron chi connectivity index (χ3n) is 5.06. The Morgan fingerprint density at radius 3 is 2.64 bits per heavy atom. The van der Waals surface area contributed by atoms with Gasteiger partial charge in [0.05, 0.1) is 19.3 Å². The van der Waals surface area contributed by atoms with E-state index in [1.165, 1.54) is 17.2 Å². The highest BCUT2D eigenvalue weighted by Gasteiger charge is 2.34. The van der Waals surface area contributed by atoms with Crippen LogP contribution in [0.3, 0.4) is 0 Å². The zero-order valence-corrected chi connectivity index (χ0v) is 14.0. The fourth-order valence-corrected chi connectivity index (χ4v) is 3.83. The van der Waals surface area contributed by atoms with Crippen LogP contribution in [0.1, 0.15) is 17.5 Å². The van der Waals surface area contributed by atoms with Crippen molar-refractivity contribution in [3.8, 4) is 0 Å². The SMILES string of the molecule is Fc1ccc(CC2=CC3COCC(C2)N3Cc2ccccc2)c(F)c1. The fraction of sp³-hybridized carbons (Fsp3) is 0.333. The van der Waals surface area contributed by atoms with Crippen molar-refractivity contribution in [2.75, 3.05) is 13.2 Å². The molecule has 0 aromatic heterocycles. The second-order valence-corrected chi connectivity index (χ2v) is 6.86. The van der Waals surface area contributed by atoms with Crippen LogP contribution < -0.4 is 0 Å². The maximum Gasteiger partial charge on any atom is 0.129 e. The Hall–Kier alpha value is -2.04. The highest BCUT2D eigenvalue weighted by atomic mass is 19.1. The normalized spacial score (nSPS) is 23.4. The van der Waals surface area contributed by atoms with E-state index in [-0.39, 0.29) is 6.04 Å². The number of hydrogen-bond acceptors (Lipinski definition) is 2. The molecule has 2 aromatic rings. The van der Waals surface area contributed by atoms with Gasteiger partial charge in [0, 0.05) is 18.7 Å². The summed E-state index contributed by atoms with van der Waals surface area (Å²) in [6.45, 7) is 2.26. The molecule has 4 rings (SSSR count).